The molecular weight excluding hydrogens is 244 g/mol. The lowest BCUT2D eigenvalue weighted by atomic mass is 10.2. The molecule has 0 aromatic carbocycles. The number of thiol groups is 1. The van der Waals surface area contributed by atoms with E-state index in [0.717, 1.165) is 24.5 Å². The molecule has 16 heavy (non-hydrogen) atoms. The van der Waals surface area contributed by atoms with Crippen LogP contribution in [-0.4, -0.2) is 29.8 Å². The Hall–Kier alpha value is -0.590. The largest absolute Gasteiger partial charge is 0.371 e. The molecule has 0 bridgehead atoms. The molecule has 1 aromatic rings. The van der Waals surface area contributed by atoms with E-state index in [-0.39, 0.29) is 12.0 Å². The molecule has 6 heteroatoms. The first kappa shape index (κ1) is 11.9. The van der Waals surface area contributed by atoms with Gasteiger partial charge in [0.05, 0.1) is 6.20 Å². The number of ether oxygens (including phenoxy) is 1. The fourth-order valence-corrected chi connectivity index (χ4v) is 2.60. The first-order valence-electron chi connectivity index (χ1n) is 5.27. The fraction of sp³-hybridized carbons (Fsp3) is 0.600. The Bertz CT molecular complexity index is 361. The molecule has 2 rings (SSSR count). The van der Waals surface area contributed by atoms with Crippen LogP contribution in [0.1, 0.15) is 33.6 Å². The van der Waals surface area contributed by atoms with Crippen molar-refractivity contribution in [3.63, 3.8) is 0 Å². The summed E-state index contributed by atoms with van der Waals surface area (Å²) in [6.07, 6.45) is 3.79. The van der Waals surface area contributed by atoms with Crippen LogP contribution >= 0.6 is 24.0 Å². The Morgan fingerprint density at radius 2 is 2.62 bits per heavy atom. The van der Waals surface area contributed by atoms with E-state index in [0.29, 0.717) is 17.2 Å². The van der Waals surface area contributed by atoms with Gasteiger partial charge in [0.1, 0.15) is 16.0 Å². The van der Waals surface area contributed by atoms with Crippen LogP contribution in [0.2, 0.25) is 0 Å². The maximum atomic E-state index is 11.6. The van der Waals surface area contributed by atoms with E-state index >= 15 is 0 Å². The summed E-state index contributed by atoms with van der Waals surface area (Å²) in [5.41, 5.74) is 0. The standard InChI is InChI=1S/C10H14N2O2S2/c13-9(11-3-5-15)8-6-12-10(16-8)7-2-1-4-14-7/h6-7,15H,1-5H2,(H,11,13). The highest BCUT2D eigenvalue weighted by molar-refractivity contribution is 7.80. The minimum Gasteiger partial charge on any atom is -0.371 e. The van der Waals surface area contributed by atoms with Gasteiger partial charge in [-0.3, -0.25) is 4.79 Å². The monoisotopic (exact) mass is 258 g/mol. The molecule has 0 spiro atoms. The number of nitrogens with zero attached hydrogens (tertiary/aromatic N) is 1. The first-order chi connectivity index (χ1) is 7.81. The Labute approximate surface area is 104 Å². The highest BCUT2D eigenvalue weighted by atomic mass is 32.1. The normalized spacial score (nSPS) is 19.9. The van der Waals surface area contributed by atoms with Gasteiger partial charge in [-0.2, -0.15) is 12.6 Å². The Kier molecular flexibility index (Phi) is 4.20. The second-order valence-electron chi connectivity index (χ2n) is 3.54. The molecular formula is C10H14N2O2S2. The van der Waals surface area contributed by atoms with Crippen LogP contribution in [0.5, 0.6) is 0 Å². The highest BCUT2D eigenvalue weighted by Crippen LogP contribution is 2.31. The zero-order chi connectivity index (χ0) is 11.4. The molecule has 2 heterocycles. The summed E-state index contributed by atoms with van der Waals surface area (Å²) in [5.74, 6) is 0.569. The van der Waals surface area contributed by atoms with Crippen molar-refractivity contribution in [2.75, 3.05) is 18.9 Å². The minimum absolute atomic E-state index is 0.0733. The maximum Gasteiger partial charge on any atom is 0.263 e. The zero-order valence-corrected chi connectivity index (χ0v) is 10.5. The summed E-state index contributed by atoms with van der Waals surface area (Å²) in [4.78, 5) is 16.5. The second kappa shape index (κ2) is 5.65. The number of carbonyl (C=O) groups is 1. The van der Waals surface area contributed by atoms with E-state index in [4.69, 9.17) is 4.74 Å². The van der Waals surface area contributed by atoms with Crippen LogP contribution in [0, 0.1) is 0 Å². The number of hydrogen-bond donors (Lipinski definition) is 2. The van der Waals surface area contributed by atoms with Crippen LogP contribution in [0.25, 0.3) is 0 Å². The van der Waals surface area contributed by atoms with Gasteiger partial charge >= 0.3 is 0 Å². The Morgan fingerprint density at radius 3 is 3.31 bits per heavy atom. The zero-order valence-electron chi connectivity index (χ0n) is 8.81. The van der Waals surface area contributed by atoms with Gasteiger partial charge in [-0.25, -0.2) is 4.98 Å². The lowest BCUT2D eigenvalue weighted by Crippen LogP contribution is -2.24. The van der Waals surface area contributed by atoms with Gasteiger partial charge in [0.2, 0.25) is 0 Å². The molecule has 4 nitrogen and oxygen atoms in total. The van der Waals surface area contributed by atoms with E-state index in [2.05, 4.69) is 22.9 Å². The van der Waals surface area contributed by atoms with Gasteiger partial charge in [-0.1, -0.05) is 0 Å². The van der Waals surface area contributed by atoms with Crippen LogP contribution in [-0.2, 0) is 4.74 Å². The van der Waals surface area contributed by atoms with Gasteiger partial charge in [-0.05, 0) is 12.8 Å². The topological polar surface area (TPSA) is 51.2 Å². The lowest BCUT2D eigenvalue weighted by Gasteiger charge is -2.03. The SMILES string of the molecule is O=C(NCCS)c1cnc(C2CCCO2)s1. The van der Waals surface area contributed by atoms with E-state index in [1.807, 2.05) is 0 Å². The van der Waals surface area contributed by atoms with Crippen molar-refractivity contribution in [3.8, 4) is 0 Å². The van der Waals surface area contributed by atoms with Gasteiger partial charge in [0, 0.05) is 18.9 Å². The Morgan fingerprint density at radius 1 is 1.75 bits per heavy atom. The van der Waals surface area contributed by atoms with Crippen molar-refractivity contribution in [1.29, 1.82) is 0 Å². The summed E-state index contributed by atoms with van der Waals surface area (Å²) in [6, 6.07) is 0. The average Bonchev–Trinajstić information content (AvgIpc) is 2.94. The van der Waals surface area contributed by atoms with Crippen LogP contribution in [0.15, 0.2) is 6.20 Å². The number of nitrogens with one attached hydrogen (secondary N) is 1. The van der Waals surface area contributed by atoms with Gasteiger partial charge in [-0.15, -0.1) is 11.3 Å². The summed E-state index contributed by atoms with van der Waals surface area (Å²) in [7, 11) is 0. The van der Waals surface area contributed by atoms with Crippen molar-refractivity contribution in [2.24, 2.45) is 0 Å². The molecule has 0 aliphatic carbocycles. The van der Waals surface area contributed by atoms with Crippen molar-refractivity contribution < 1.29 is 9.53 Å². The smallest absolute Gasteiger partial charge is 0.263 e. The quantitative estimate of drug-likeness (QED) is 0.808. The van der Waals surface area contributed by atoms with E-state index in [1.165, 1.54) is 11.3 Å². The third-order valence-electron chi connectivity index (χ3n) is 2.35. The highest BCUT2D eigenvalue weighted by Gasteiger charge is 2.22. The van der Waals surface area contributed by atoms with Gasteiger partial charge in [0.15, 0.2) is 0 Å². The third kappa shape index (κ3) is 2.75. The van der Waals surface area contributed by atoms with Crippen molar-refractivity contribution >= 4 is 29.9 Å². The number of aromatic nitrogens is 1. The molecule has 1 atom stereocenters. The number of hydrogen-bond acceptors (Lipinski definition) is 5. The number of rotatable bonds is 4. The average molecular weight is 258 g/mol. The number of carbonyl (C=O) groups excluding carboxylic acids is 1. The van der Waals surface area contributed by atoms with Gasteiger partial charge in [0.25, 0.3) is 5.91 Å². The second-order valence-corrected chi connectivity index (χ2v) is 5.05. The minimum atomic E-state index is -0.0733. The van der Waals surface area contributed by atoms with Crippen LogP contribution in [0.3, 0.4) is 0 Å². The van der Waals surface area contributed by atoms with Gasteiger partial charge < -0.3 is 10.1 Å². The van der Waals surface area contributed by atoms with E-state index in [1.54, 1.807) is 6.20 Å². The predicted octanol–water partition coefficient (Wildman–Crippen LogP) is 1.65. The molecule has 1 saturated heterocycles. The first-order valence-corrected chi connectivity index (χ1v) is 6.72. The molecule has 1 amide bonds. The molecule has 0 saturated carbocycles. The summed E-state index contributed by atoms with van der Waals surface area (Å²) in [6.45, 7) is 1.38. The summed E-state index contributed by atoms with van der Waals surface area (Å²) >= 11 is 5.45. The third-order valence-corrected chi connectivity index (χ3v) is 3.66. The van der Waals surface area contributed by atoms with Crippen molar-refractivity contribution in [2.45, 2.75) is 18.9 Å². The lowest BCUT2D eigenvalue weighted by molar-refractivity contribution is 0.0960. The fourth-order valence-electron chi connectivity index (χ4n) is 1.57. The molecule has 88 valence electrons. The van der Waals surface area contributed by atoms with Crippen LogP contribution < -0.4 is 5.32 Å². The number of amides is 1. The molecule has 1 aromatic heterocycles. The van der Waals surface area contributed by atoms with Crippen molar-refractivity contribution in [3.05, 3.63) is 16.1 Å². The molecule has 1 unspecified atom stereocenters. The number of thiazole rings is 1. The maximum absolute atomic E-state index is 11.6. The van der Waals surface area contributed by atoms with E-state index < -0.39 is 0 Å². The molecule has 1 aliphatic rings. The molecule has 1 aliphatic heterocycles. The Balaban J connectivity index is 1.98. The predicted molar refractivity (Wildman–Crippen MR) is 66.2 cm³/mol. The van der Waals surface area contributed by atoms with Crippen molar-refractivity contribution in [1.82, 2.24) is 10.3 Å². The molecule has 0 radical (unpaired) electrons. The molecule has 1 fully saturated rings. The van der Waals surface area contributed by atoms with Crippen LogP contribution in [0.4, 0.5) is 0 Å². The molecule has 1 N–H and O–H groups in total. The van der Waals surface area contributed by atoms with E-state index in [9.17, 15) is 4.79 Å². The summed E-state index contributed by atoms with van der Waals surface area (Å²) < 4.78 is 5.52. The summed E-state index contributed by atoms with van der Waals surface area (Å²) in [5, 5.41) is 3.68.